The van der Waals surface area contributed by atoms with Gasteiger partial charge >= 0.3 is 18.4 Å². The summed E-state index contributed by atoms with van der Waals surface area (Å²) in [5.74, 6) is -5.17. The molecule has 2 atom stereocenters. The first kappa shape index (κ1) is 23.2. The third-order valence-electron chi connectivity index (χ3n) is 3.90. The average Bonchev–Trinajstić information content (AvgIpc) is 2.65. The Kier molecular flexibility index (Phi) is 7.06. The number of amides is 1. The Balaban J connectivity index is 2.42. The number of carbonyl (C=O) groups is 2. The van der Waals surface area contributed by atoms with E-state index in [-0.39, 0.29) is 5.56 Å². The van der Waals surface area contributed by atoms with Gasteiger partial charge in [0.1, 0.15) is 11.7 Å². The molecule has 0 fully saturated rings. The maximum atomic E-state index is 13.8. The molecule has 2 unspecified atom stereocenters. The molecule has 0 radical (unpaired) electrons. The van der Waals surface area contributed by atoms with Crippen molar-refractivity contribution in [3.05, 3.63) is 71.5 Å². The lowest BCUT2D eigenvalue weighted by molar-refractivity contribution is -0.170. The highest BCUT2D eigenvalue weighted by Crippen LogP contribution is 2.38. The molecule has 0 saturated carbocycles. The highest BCUT2D eigenvalue weighted by Gasteiger charge is 2.51. The molecule has 0 aliphatic heterocycles. The van der Waals surface area contributed by atoms with Gasteiger partial charge < -0.3 is 10.1 Å². The van der Waals surface area contributed by atoms with E-state index < -0.39 is 54.2 Å². The summed E-state index contributed by atoms with van der Waals surface area (Å²) in [6, 6.07) is 7.54. The molecular formula is C19H14F7NO3. The molecule has 0 aliphatic rings. The second kappa shape index (κ2) is 9.14. The predicted molar refractivity (Wildman–Crippen MR) is 90.0 cm³/mol. The number of Topliss-reactive ketones (excluding diaryl/α,β-unsaturated/α-hetero) is 1. The quantitative estimate of drug-likeness (QED) is 0.498. The third-order valence-corrected chi connectivity index (χ3v) is 3.90. The van der Waals surface area contributed by atoms with E-state index in [1.54, 1.807) is 5.32 Å². The van der Waals surface area contributed by atoms with Crippen molar-refractivity contribution < 1.29 is 45.1 Å². The van der Waals surface area contributed by atoms with Gasteiger partial charge in [-0.2, -0.15) is 26.3 Å². The molecule has 0 saturated heterocycles. The molecule has 1 amide bonds. The maximum absolute atomic E-state index is 13.8. The standard InChI is InChI=1S/C19H14F7NO3/c20-13-8-6-12(7-9-13)16(28)14(19(24,25)26)15(11-4-2-1-3-5-11)27-17(29)30-10-18(21,22)23/h1-9,14-15H,10H2,(H,27,29). The first-order chi connectivity index (χ1) is 13.9. The number of halogens is 7. The monoisotopic (exact) mass is 437 g/mol. The van der Waals surface area contributed by atoms with Gasteiger partial charge in [0.15, 0.2) is 12.4 Å². The molecule has 2 aromatic rings. The maximum Gasteiger partial charge on any atom is 0.422 e. The Morgan fingerprint density at radius 3 is 1.97 bits per heavy atom. The number of alkyl halides is 6. The molecule has 1 N–H and O–H groups in total. The van der Waals surface area contributed by atoms with Crippen LogP contribution in [-0.2, 0) is 4.74 Å². The third kappa shape index (κ3) is 6.46. The van der Waals surface area contributed by atoms with Crippen LogP contribution in [0.25, 0.3) is 0 Å². The minimum atomic E-state index is -5.21. The van der Waals surface area contributed by atoms with E-state index in [2.05, 4.69) is 4.74 Å². The van der Waals surface area contributed by atoms with Gasteiger partial charge in [0.25, 0.3) is 0 Å². The van der Waals surface area contributed by atoms with Crippen LogP contribution >= 0.6 is 0 Å². The lowest BCUT2D eigenvalue weighted by atomic mass is 9.86. The van der Waals surface area contributed by atoms with Gasteiger partial charge in [-0.3, -0.25) is 4.79 Å². The number of alkyl carbamates (subject to hydrolysis) is 1. The summed E-state index contributed by atoms with van der Waals surface area (Å²) in [6.07, 6.45) is -11.9. The number of hydrogen-bond acceptors (Lipinski definition) is 3. The molecule has 0 spiro atoms. The van der Waals surface area contributed by atoms with Crippen LogP contribution in [0, 0.1) is 11.7 Å². The van der Waals surface area contributed by atoms with Gasteiger partial charge in [-0.15, -0.1) is 0 Å². The molecule has 0 bridgehead atoms. The molecule has 4 nitrogen and oxygen atoms in total. The highest BCUT2D eigenvalue weighted by molar-refractivity contribution is 5.99. The van der Waals surface area contributed by atoms with Gasteiger partial charge in [-0.25, -0.2) is 9.18 Å². The second-order valence-corrected chi connectivity index (χ2v) is 6.11. The fourth-order valence-electron chi connectivity index (χ4n) is 2.62. The van der Waals surface area contributed by atoms with E-state index in [0.717, 1.165) is 36.4 Å². The van der Waals surface area contributed by atoms with Crippen LogP contribution in [0.5, 0.6) is 0 Å². The predicted octanol–water partition coefficient (Wildman–Crippen LogP) is 5.22. The topological polar surface area (TPSA) is 55.4 Å². The molecule has 162 valence electrons. The number of nitrogens with one attached hydrogen (secondary N) is 1. The Labute approximate surface area is 165 Å². The Morgan fingerprint density at radius 2 is 1.47 bits per heavy atom. The lowest BCUT2D eigenvalue weighted by Gasteiger charge is -2.29. The molecule has 2 rings (SSSR count). The number of ether oxygens (including phenoxy) is 1. The highest BCUT2D eigenvalue weighted by atomic mass is 19.4. The SMILES string of the molecule is O=C(NC(c1ccccc1)C(C(=O)c1ccc(F)cc1)C(F)(F)F)OCC(F)(F)F. The van der Waals surface area contributed by atoms with Crippen molar-refractivity contribution in [1.82, 2.24) is 5.32 Å². The van der Waals surface area contributed by atoms with Gasteiger partial charge in [-0.1, -0.05) is 30.3 Å². The van der Waals surface area contributed by atoms with Crippen LogP contribution in [0.3, 0.4) is 0 Å². The van der Waals surface area contributed by atoms with Crippen LogP contribution in [0.4, 0.5) is 35.5 Å². The van der Waals surface area contributed by atoms with Crippen molar-refractivity contribution in [3.63, 3.8) is 0 Å². The van der Waals surface area contributed by atoms with Crippen molar-refractivity contribution in [2.75, 3.05) is 6.61 Å². The number of carbonyl (C=O) groups excluding carboxylic acids is 2. The van der Waals surface area contributed by atoms with Gasteiger partial charge in [0, 0.05) is 5.56 Å². The van der Waals surface area contributed by atoms with Crippen molar-refractivity contribution in [3.8, 4) is 0 Å². The summed E-state index contributed by atoms with van der Waals surface area (Å²) in [5.41, 5.74) is -0.690. The van der Waals surface area contributed by atoms with Crippen LogP contribution in [0.15, 0.2) is 54.6 Å². The first-order valence-electron chi connectivity index (χ1n) is 8.30. The van der Waals surface area contributed by atoms with Crippen molar-refractivity contribution in [2.24, 2.45) is 5.92 Å². The van der Waals surface area contributed by atoms with E-state index in [1.165, 1.54) is 18.2 Å². The zero-order chi connectivity index (χ0) is 22.5. The molecule has 11 heteroatoms. The van der Waals surface area contributed by atoms with Crippen molar-refractivity contribution in [2.45, 2.75) is 18.4 Å². The molecule has 30 heavy (non-hydrogen) atoms. The van der Waals surface area contributed by atoms with Gasteiger partial charge in [-0.05, 0) is 29.8 Å². The number of ketones is 1. The van der Waals surface area contributed by atoms with E-state index in [0.29, 0.717) is 0 Å². The van der Waals surface area contributed by atoms with Gasteiger partial charge in [0.05, 0.1) is 6.04 Å². The largest absolute Gasteiger partial charge is 0.440 e. The molecular weight excluding hydrogens is 423 g/mol. The molecule has 0 aliphatic carbocycles. The van der Waals surface area contributed by atoms with Gasteiger partial charge in [0.2, 0.25) is 0 Å². The second-order valence-electron chi connectivity index (χ2n) is 6.11. The van der Waals surface area contributed by atoms with Crippen molar-refractivity contribution in [1.29, 1.82) is 0 Å². The van der Waals surface area contributed by atoms with Crippen molar-refractivity contribution >= 4 is 11.9 Å². The summed E-state index contributed by atoms with van der Waals surface area (Å²) in [4.78, 5) is 24.3. The minimum Gasteiger partial charge on any atom is -0.440 e. The van der Waals surface area contributed by atoms with Crippen LogP contribution in [-0.4, -0.2) is 30.8 Å². The molecule has 0 heterocycles. The fraction of sp³-hybridized carbons (Fsp3) is 0.263. The number of rotatable bonds is 6. The Hall–Kier alpha value is -3.11. The summed E-state index contributed by atoms with van der Waals surface area (Å²) >= 11 is 0. The van der Waals surface area contributed by atoms with E-state index in [9.17, 15) is 40.3 Å². The molecule has 2 aromatic carbocycles. The number of hydrogen-bond donors (Lipinski definition) is 1. The lowest BCUT2D eigenvalue weighted by Crippen LogP contribution is -2.44. The van der Waals surface area contributed by atoms with E-state index >= 15 is 0 Å². The normalized spacial score (nSPS) is 14.0. The summed E-state index contributed by atoms with van der Waals surface area (Å²) in [7, 11) is 0. The van der Waals surface area contributed by atoms with Crippen LogP contribution in [0.1, 0.15) is 22.0 Å². The zero-order valence-electron chi connectivity index (χ0n) is 14.9. The van der Waals surface area contributed by atoms with E-state index in [1.807, 2.05) is 0 Å². The van der Waals surface area contributed by atoms with Crippen LogP contribution < -0.4 is 5.32 Å². The Bertz CT molecular complexity index is 864. The first-order valence-corrected chi connectivity index (χ1v) is 8.30. The number of benzene rings is 2. The van der Waals surface area contributed by atoms with Crippen LogP contribution in [0.2, 0.25) is 0 Å². The van der Waals surface area contributed by atoms with E-state index in [4.69, 9.17) is 0 Å². The minimum absolute atomic E-state index is 0.195. The summed E-state index contributed by atoms with van der Waals surface area (Å²) < 4.78 is 95.2. The fourth-order valence-corrected chi connectivity index (χ4v) is 2.62. The summed E-state index contributed by atoms with van der Waals surface area (Å²) in [6.45, 7) is -2.02. The summed E-state index contributed by atoms with van der Waals surface area (Å²) in [5, 5.41) is 1.70. The average molecular weight is 437 g/mol. The molecule has 0 aromatic heterocycles. The smallest absolute Gasteiger partial charge is 0.422 e. The Morgan fingerprint density at radius 1 is 0.900 bits per heavy atom. The zero-order valence-corrected chi connectivity index (χ0v) is 14.9.